The number of nitrogens with zero attached hydrogens (tertiary/aromatic N) is 3. The molecule has 0 spiro atoms. The van der Waals surface area contributed by atoms with Gasteiger partial charge in [-0.05, 0) is 25.1 Å². The Morgan fingerprint density at radius 3 is 2.62 bits per heavy atom. The van der Waals surface area contributed by atoms with E-state index in [1.54, 1.807) is 18.4 Å². The summed E-state index contributed by atoms with van der Waals surface area (Å²) in [6.07, 6.45) is -4.47. The number of benzene rings is 1. The molecule has 0 saturated carbocycles. The minimum Gasteiger partial charge on any atom is -0.466 e. The number of carbonyl (C=O) groups excluding carboxylic acids is 2. The van der Waals surface area contributed by atoms with Gasteiger partial charge in [0, 0.05) is 37.2 Å². The van der Waals surface area contributed by atoms with Gasteiger partial charge in [0.2, 0.25) is 5.91 Å². The van der Waals surface area contributed by atoms with E-state index in [1.807, 2.05) is 9.80 Å². The molecule has 1 N–H and O–H groups in total. The molecule has 1 saturated heterocycles. The Labute approximate surface area is 192 Å². The van der Waals surface area contributed by atoms with Crippen LogP contribution >= 0.6 is 22.9 Å². The van der Waals surface area contributed by atoms with Crippen molar-refractivity contribution in [2.45, 2.75) is 19.5 Å². The molecular formula is C20H22ClF3N4O3S. The fourth-order valence-corrected chi connectivity index (χ4v) is 4.21. The smallest absolute Gasteiger partial charge is 0.417 e. The number of thiazole rings is 1. The lowest BCUT2D eigenvalue weighted by molar-refractivity contribution is -0.142. The molecule has 3 rings (SSSR count). The summed E-state index contributed by atoms with van der Waals surface area (Å²) in [5.41, 5.74) is 0.116. The molecule has 1 aromatic carbocycles. The molecule has 174 valence electrons. The minimum absolute atomic E-state index is 0.0446. The molecule has 0 bridgehead atoms. The molecule has 0 radical (unpaired) electrons. The van der Waals surface area contributed by atoms with Crippen LogP contribution in [-0.4, -0.2) is 61.1 Å². The minimum atomic E-state index is -4.51. The first-order valence-electron chi connectivity index (χ1n) is 9.89. The second-order valence-electron chi connectivity index (χ2n) is 7.10. The lowest BCUT2D eigenvalue weighted by Gasteiger charge is -2.36. The van der Waals surface area contributed by atoms with Gasteiger partial charge in [-0.25, -0.2) is 4.98 Å². The molecule has 1 amide bonds. The molecule has 1 aromatic heterocycles. The number of piperazine rings is 1. The number of aromatic nitrogens is 1. The Balaban J connectivity index is 1.49. The van der Waals surface area contributed by atoms with Gasteiger partial charge < -0.3 is 15.0 Å². The third kappa shape index (κ3) is 6.57. The summed E-state index contributed by atoms with van der Waals surface area (Å²) in [4.78, 5) is 31.8. The molecule has 12 heteroatoms. The van der Waals surface area contributed by atoms with Crippen molar-refractivity contribution >= 4 is 45.6 Å². The topological polar surface area (TPSA) is 74.8 Å². The number of halogens is 4. The Bertz CT molecular complexity index is 962. The molecule has 1 fully saturated rings. The molecule has 0 unspecified atom stereocenters. The number of carbonyl (C=O) groups is 2. The maximum atomic E-state index is 13.1. The average Bonchev–Trinajstić information content (AvgIpc) is 3.14. The van der Waals surface area contributed by atoms with E-state index in [2.05, 4.69) is 10.3 Å². The second-order valence-corrected chi connectivity index (χ2v) is 8.36. The Morgan fingerprint density at radius 2 is 1.97 bits per heavy atom. The first kappa shape index (κ1) is 24.3. The van der Waals surface area contributed by atoms with Gasteiger partial charge in [0.05, 0.1) is 35.9 Å². The van der Waals surface area contributed by atoms with Crippen LogP contribution in [0.3, 0.4) is 0 Å². The lowest BCUT2D eigenvalue weighted by atomic mass is 10.1. The highest BCUT2D eigenvalue weighted by atomic mass is 35.5. The predicted molar refractivity (Wildman–Crippen MR) is 116 cm³/mol. The van der Waals surface area contributed by atoms with Gasteiger partial charge in [-0.2, -0.15) is 13.2 Å². The molecule has 1 aliphatic rings. The third-order valence-corrected chi connectivity index (χ3v) is 5.93. The first-order chi connectivity index (χ1) is 15.2. The fraction of sp³-hybridized carbons (Fsp3) is 0.450. The van der Waals surface area contributed by atoms with Crippen LogP contribution in [0.15, 0.2) is 23.6 Å². The maximum absolute atomic E-state index is 13.1. The molecule has 0 aliphatic carbocycles. The van der Waals surface area contributed by atoms with Crippen molar-refractivity contribution in [3.8, 4) is 0 Å². The molecule has 7 nitrogen and oxygen atoms in total. The number of esters is 1. The van der Waals surface area contributed by atoms with Crippen LogP contribution in [0.1, 0.15) is 18.2 Å². The molecule has 1 aliphatic heterocycles. The standard InChI is InChI=1S/C20H22ClF3N4O3S/c1-2-31-18(30)9-13-12-32-19(25-13)26-17(29)11-27-5-7-28(8-6-27)14-3-4-16(21)15(10-14)20(22,23)24/h3-4,10,12H,2,5-9,11H2,1H3,(H,25,26,29). The zero-order valence-corrected chi connectivity index (χ0v) is 18.8. The average molecular weight is 491 g/mol. The van der Waals surface area contributed by atoms with Gasteiger partial charge in [-0.15, -0.1) is 11.3 Å². The molecule has 32 heavy (non-hydrogen) atoms. The zero-order valence-electron chi connectivity index (χ0n) is 17.2. The van der Waals surface area contributed by atoms with Gasteiger partial charge in [0.25, 0.3) is 0 Å². The highest BCUT2D eigenvalue weighted by Crippen LogP contribution is 2.37. The summed E-state index contributed by atoms with van der Waals surface area (Å²) in [5, 5.41) is 4.46. The van der Waals surface area contributed by atoms with Crippen molar-refractivity contribution in [2.75, 3.05) is 49.5 Å². The summed E-state index contributed by atoms with van der Waals surface area (Å²) >= 11 is 6.91. The highest BCUT2D eigenvalue weighted by Gasteiger charge is 2.34. The SMILES string of the molecule is CCOC(=O)Cc1csc(NC(=O)CN2CCN(c3ccc(Cl)c(C(F)(F)F)c3)CC2)n1. The van der Waals surface area contributed by atoms with Crippen molar-refractivity contribution in [2.24, 2.45) is 0 Å². The van der Waals surface area contributed by atoms with E-state index in [0.717, 1.165) is 6.07 Å². The van der Waals surface area contributed by atoms with Gasteiger partial charge in [-0.3, -0.25) is 14.5 Å². The Kier molecular flexibility index (Phi) is 7.96. The monoisotopic (exact) mass is 490 g/mol. The summed E-state index contributed by atoms with van der Waals surface area (Å²) in [5.74, 6) is -0.627. The summed E-state index contributed by atoms with van der Waals surface area (Å²) in [6.45, 7) is 4.14. The van der Waals surface area contributed by atoms with Crippen LogP contribution in [0, 0.1) is 0 Å². The van der Waals surface area contributed by atoms with E-state index in [4.69, 9.17) is 16.3 Å². The number of nitrogens with one attached hydrogen (secondary N) is 1. The number of amides is 1. The van der Waals surface area contributed by atoms with E-state index in [9.17, 15) is 22.8 Å². The molecular weight excluding hydrogens is 469 g/mol. The summed E-state index contributed by atoms with van der Waals surface area (Å²) in [6, 6.07) is 3.88. The highest BCUT2D eigenvalue weighted by molar-refractivity contribution is 7.13. The molecule has 2 aromatic rings. The number of ether oxygens (including phenoxy) is 1. The largest absolute Gasteiger partial charge is 0.466 e. The quantitative estimate of drug-likeness (QED) is 0.597. The van der Waals surface area contributed by atoms with Crippen LogP contribution in [0.4, 0.5) is 24.0 Å². The van der Waals surface area contributed by atoms with Crippen molar-refractivity contribution < 1.29 is 27.5 Å². The van der Waals surface area contributed by atoms with Crippen molar-refractivity contribution in [3.63, 3.8) is 0 Å². The van der Waals surface area contributed by atoms with Gasteiger partial charge in [0.15, 0.2) is 5.13 Å². The Hall–Kier alpha value is -2.37. The number of anilines is 2. The van der Waals surface area contributed by atoms with E-state index in [-0.39, 0.29) is 29.9 Å². The zero-order chi connectivity index (χ0) is 23.3. The Morgan fingerprint density at radius 1 is 1.25 bits per heavy atom. The lowest BCUT2D eigenvalue weighted by Crippen LogP contribution is -2.48. The van der Waals surface area contributed by atoms with Gasteiger partial charge in [0.1, 0.15) is 0 Å². The molecule has 0 atom stereocenters. The van der Waals surface area contributed by atoms with Crippen LogP contribution in [-0.2, 0) is 26.9 Å². The van der Waals surface area contributed by atoms with Crippen molar-refractivity contribution in [3.05, 3.63) is 39.9 Å². The third-order valence-electron chi connectivity index (χ3n) is 4.79. The van der Waals surface area contributed by atoms with E-state index < -0.39 is 11.7 Å². The maximum Gasteiger partial charge on any atom is 0.417 e. The van der Waals surface area contributed by atoms with E-state index in [0.29, 0.717) is 49.3 Å². The van der Waals surface area contributed by atoms with Gasteiger partial charge >= 0.3 is 12.1 Å². The van der Waals surface area contributed by atoms with Crippen molar-refractivity contribution in [1.82, 2.24) is 9.88 Å². The number of alkyl halides is 3. The first-order valence-corrected chi connectivity index (χ1v) is 11.2. The van der Waals surface area contributed by atoms with Crippen LogP contribution in [0.5, 0.6) is 0 Å². The number of rotatable bonds is 7. The van der Waals surface area contributed by atoms with E-state index in [1.165, 1.54) is 17.4 Å². The number of hydrogen-bond acceptors (Lipinski definition) is 7. The van der Waals surface area contributed by atoms with E-state index >= 15 is 0 Å². The van der Waals surface area contributed by atoms with Gasteiger partial charge in [-0.1, -0.05) is 11.6 Å². The van der Waals surface area contributed by atoms with Crippen LogP contribution in [0.25, 0.3) is 0 Å². The normalized spacial score (nSPS) is 15.0. The van der Waals surface area contributed by atoms with Crippen LogP contribution in [0.2, 0.25) is 5.02 Å². The fourth-order valence-electron chi connectivity index (χ4n) is 3.26. The van der Waals surface area contributed by atoms with Crippen LogP contribution < -0.4 is 10.2 Å². The molecule has 2 heterocycles. The predicted octanol–water partition coefficient (Wildman–Crippen LogP) is 3.68. The second kappa shape index (κ2) is 10.5. The van der Waals surface area contributed by atoms with Crippen molar-refractivity contribution in [1.29, 1.82) is 0 Å². The summed E-state index contributed by atoms with van der Waals surface area (Å²) in [7, 11) is 0. The summed E-state index contributed by atoms with van der Waals surface area (Å²) < 4.78 is 44.2. The number of hydrogen-bond donors (Lipinski definition) is 1.